The summed E-state index contributed by atoms with van der Waals surface area (Å²) in [6.45, 7) is 4.56. The maximum atomic E-state index is 12.1. The quantitative estimate of drug-likeness (QED) is 0.822. The van der Waals surface area contributed by atoms with Crippen LogP contribution in [-0.2, 0) is 11.3 Å². The highest BCUT2D eigenvalue weighted by molar-refractivity contribution is 6.30. The highest BCUT2D eigenvalue weighted by atomic mass is 35.5. The molecule has 2 atom stereocenters. The minimum absolute atomic E-state index is 0.114. The van der Waals surface area contributed by atoms with Crippen LogP contribution >= 0.6 is 11.6 Å². The molecule has 0 saturated carbocycles. The van der Waals surface area contributed by atoms with E-state index in [-0.39, 0.29) is 11.8 Å². The van der Waals surface area contributed by atoms with Crippen molar-refractivity contribution in [2.24, 2.45) is 5.92 Å². The second-order valence-corrected chi connectivity index (χ2v) is 6.82. The highest BCUT2D eigenvalue weighted by Crippen LogP contribution is 2.34. The number of Topliss-reactive ketones (excluding diaryl/α,β-unsaturated/α-hetero) is 1. The molecule has 1 aliphatic heterocycles. The van der Waals surface area contributed by atoms with Crippen molar-refractivity contribution in [1.82, 2.24) is 4.90 Å². The van der Waals surface area contributed by atoms with Crippen molar-refractivity contribution in [3.8, 4) is 0 Å². The molecule has 2 unspecified atom stereocenters. The number of halogens is 1. The molecule has 3 rings (SSSR count). The van der Waals surface area contributed by atoms with Crippen LogP contribution in [0.15, 0.2) is 54.6 Å². The van der Waals surface area contributed by atoms with E-state index in [2.05, 4.69) is 41.3 Å². The van der Waals surface area contributed by atoms with Gasteiger partial charge in [-0.1, -0.05) is 54.1 Å². The number of ketones is 1. The van der Waals surface area contributed by atoms with Crippen molar-refractivity contribution in [2.45, 2.75) is 25.8 Å². The average molecular weight is 328 g/mol. The summed E-state index contributed by atoms with van der Waals surface area (Å²) in [4.78, 5) is 14.5. The summed E-state index contributed by atoms with van der Waals surface area (Å²) >= 11 is 6.01. The zero-order valence-electron chi connectivity index (χ0n) is 13.4. The van der Waals surface area contributed by atoms with E-state index in [1.165, 1.54) is 11.1 Å². The number of benzene rings is 2. The molecule has 0 aromatic heterocycles. The minimum atomic E-state index is 0.114. The lowest BCUT2D eigenvalue weighted by atomic mass is 9.78. The number of carbonyl (C=O) groups excluding carboxylic acids is 1. The number of nitrogens with zero attached hydrogens (tertiary/aromatic N) is 1. The zero-order chi connectivity index (χ0) is 16.2. The fourth-order valence-corrected chi connectivity index (χ4v) is 3.67. The van der Waals surface area contributed by atoms with Crippen molar-refractivity contribution in [1.29, 1.82) is 0 Å². The molecule has 0 amide bonds. The van der Waals surface area contributed by atoms with Crippen LogP contribution in [0, 0.1) is 5.92 Å². The van der Waals surface area contributed by atoms with Gasteiger partial charge >= 0.3 is 0 Å². The third-order valence-electron chi connectivity index (χ3n) is 4.77. The summed E-state index contributed by atoms with van der Waals surface area (Å²) in [5.41, 5.74) is 2.54. The predicted molar refractivity (Wildman–Crippen MR) is 94.7 cm³/mol. The maximum Gasteiger partial charge on any atom is 0.133 e. The van der Waals surface area contributed by atoms with Gasteiger partial charge in [-0.25, -0.2) is 0 Å². The van der Waals surface area contributed by atoms with Gasteiger partial charge in [-0.05, 0) is 43.1 Å². The highest BCUT2D eigenvalue weighted by Gasteiger charge is 2.33. The van der Waals surface area contributed by atoms with E-state index >= 15 is 0 Å². The Morgan fingerprint density at radius 2 is 1.83 bits per heavy atom. The summed E-state index contributed by atoms with van der Waals surface area (Å²) in [7, 11) is 0. The molecule has 0 radical (unpaired) electrons. The van der Waals surface area contributed by atoms with Crippen LogP contribution in [0.2, 0.25) is 5.02 Å². The van der Waals surface area contributed by atoms with Crippen LogP contribution in [0.4, 0.5) is 0 Å². The van der Waals surface area contributed by atoms with Gasteiger partial charge in [-0.3, -0.25) is 9.69 Å². The van der Waals surface area contributed by atoms with E-state index in [0.29, 0.717) is 5.78 Å². The molecule has 120 valence electrons. The van der Waals surface area contributed by atoms with Gasteiger partial charge in [0.05, 0.1) is 0 Å². The van der Waals surface area contributed by atoms with Gasteiger partial charge in [-0.2, -0.15) is 0 Å². The number of piperidine rings is 1. The number of hydrogen-bond donors (Lipinski definition) is 0. The van der Waals surface area contributed by atoms with E-state index in [4.69, 9.17) is 11.6 Å². The van der Waals surface area contributed by atoms with E-state index in [1.807, 2.05) is 18.2 Å². The van der Waals surface area contributed by atoms with E-state index < -0.39 is 0 Å². The second kappa shape index (κ2) is 7.29. The number of hydrogen-bond acceptors (Lipinski definition) is 2. The Bertz CT molecular complexity index is 653. The van der Waals surface area contributed by atoms with Gasteiger partial charge < -0.3 is 0 Å². The summed E-state index contributed by atoms with van der Waals surface area (Å²) < 4.78 is 0. The third kappa shape index (κ3) is 4.01. The molecule has 1 saturated heterocycles. The molecule has 0 N–H and O–H groups in total. The monoisotopic (exact) mass is 327 g/mol. The second-order valence-electron chi connectivity index (χ2n) is 6.38. The molecule has 2 aromatic rings. The van der Waals surface area contributed by atoms with Gasteiger partial charge in [0.2, 0.25) is 0 Å². The summed E-state index contributed by atoms with van der Waals surface area (Å²) in [6.07, 6.45) is 0.926. The smallest absolute Gasteiger partial charge is 0.133 e. The standard InChI is InChI=1S/C20H22ClNO/c1-15(23)19-11-12-22(13-16-5-3-2-4-6-16)14-20(19)17-7-9-18(21)10-8-17/h2-10,19-20H,11-14H2,1H3. The lowest BCUT2D eigenvalue weighted by Crippen LogP contribution is -2.41. The van der Waals surface area contributed by atoms with Crippen LogP contribution in [0.3, 0.4) is 0 Å². The number of carbonyl (C=O) groups is 1. The molecule has 2 aromatic carbocycles. The third-order valence-corrected chi connectivity index (χ3v) is 5.02. The van der Waals surface area contributed by atoms with E-state index in [0.717, 1.165) is 31.1 Å². The van der Waals surface area contributed by atoms with Crippen LogP contribution in [0.25, 0.3) is 0 Å². The molecule has 23 heavy (non-hydrogen) atoms. The van der Waals surface area contributed by atoms with Crippen LogP contribution in [-0.4, -0.2) is 23.8 Å². The van der Waals surface area contributed by atoms with E-state index in [9.17, 15) is 4.79 Å². The van der Waals surface area contributed by atoms with Crippen molar-refractivity contribution < 1.29 is 4.79 Å². The van der Waals surface area contributed by atoms with Crippen molar-refractivity contribution in [3.63, 3.8) is 0 Å². The Labute approximate surface area is 143 Å². The summed E-state index contributed by atoms with van der Waals surface area (Å²) in [5, 5.41) is 0.741. The Hall–Kier alpha value is -1.64. The summed E-state index contributed by atoms with van der Waals surface area (Å²) in [5.74, 6) is 0.662. The molecular weight excluding hydrogens is 306 g/mol. The molecule has 3 heteroatoms. The lowest BCUT2D eigenvalue weighted by Gasteiger charge is -2.38. The molecule has 0 bridgehead atoms. The van der Waals surface area contributed by atoms with Crippen LogP contribution < -0.4 is 0 Å². The topological polar surface area (TPSA) is 20.3 Å². The molecule has 0 aliphatic carbocycles. The van der Waals surface area contributed by atoms with Gasteiger partial charge in [0.1, 0.15) is 5.78 Å². The van der Waals surface area contributed by atoms with Gasteiger partial charge in [0.15, 0.2) is 0 Å². The molecule has 2 nitrogen and oxygen atoms in total. The van der Waals surface area contributed by atoms with Crippen LogP contribution in [0.1, 0.15) is 30.4 Å². The van der Waals surface area contributed by atoms with Gasteiger partial charge in [-0.15, -0.1) is 0 Å². The van der Waals surface area contributed by atoms with Crippen molar-refractivity contribution in [3.05, 3.63) is 70.7 Å². The number of rotatable bonds is 4. The fourth-order valence-electron chi connectivity index (χ4n) is 3.54. The lowest BCUT2D eigenvalue weighted by molar-refractivity contribution is -0.122. The molecular formula is C20H22ClNO. The average Bonchev–Trinajstić information content (AvgIpc) is 2.56. The van der Waals surface area contributed by atoms with Crippen molar-refractivity contribution in [2.75, 3.05) is 13.1 Å². The normalized spacial score (nSPS) is 22.0. The summed E-state index contributed by atoms with van der Waals surface area (Å²) in [6, 6.07) is 18.5. The Balaban J connectivity index is 1.78. The predicted octanol–water partition coefficient (Wildman–Crippen LogP) is 4.53. The fraction of sp³-hybridized carbons (Fsp3) is 0.350. The molecule has 1 aliphatic rings. The SMILES string of the molecule is CC(=O)C1CCN(Cc2ccccc2)CC1c1ccc(Cl)cc1. The Morgan fingerprint density at radius 1 is 1.13 bits per heavy atom. The minimum Gasteiger partial charge on any atom is -0.300 e. The largest absolute Gasteiger partial charge is 0.300 e. The first-order chi connectivity index (χ1) is 11.1. The first-order valence-electron chi connectivity index (χ1n) is 8.15. The van der Waals surface area contributed by atoms with E-state index in [1.54, 1.807) is 6.92 Å². The van der Waals surface area contributed by atoms with Crippen molar-refractivity contribution >= 4 is 17.4 Å². The Kier molecular flexibility index (Phi) is 5.14. The molecule has 0 spiro atoms. The van der Waals surface area contributed by atoms with Crippen LogP contribution in [0.5, 0.6) is 0 Å². The first kappa shape index (κ1) is 16.2. The number of likely N-dealkylation sites (tertiary alicyclic amines) is 1. The first-order valence-corrected chi connectivity index (χ1v) is 8.53. The maximum absolute atomic E-state index is 12.1. The van der Waals surface area contributed by atoms with Gasteiger partial charge in [0, 0.05) is 29.9 Å². The Morgan fingerprint density at radius 3 is 2.48 bits per heavy atom. The molecule has 1 fully saturated rings. The molecule has 1 heterocycles. The van der Waals surface area contributed by atoms with Gasteiger partial charge in [0.25, 0.3) is 0 Å². The zero-order valence-corrected chi connectivity index (χ0v) is 14.2.